The van der Waals surface area contributed by atoms with Crippen molar-refractivity contribution in [3.63, 3.8) is 0 Å². The normalized spacial score (nSPS) is 25.4. The molecule has 4 aromatic rings. The molecule has 0 radical (unpaired) electrons. The number of nitrogens with zero attached hydrogens (tertiary/aromatic N) is 2. The Morgan fingerprint density at radius 2 is 1.48 bits per heavy atom. The number of hydrazine groups is 1. The summed E-state index contributed by atoms with van der Waals surface area (Å²) in [6.45, 7) is 1.83. The lowest BCUT2D eigenvalue weighted by molar-refractivity contribution is -0.138. The molecule has 0 bridgehead atoms. The number of ether oxygens (including phenoxy) is 3. The van der Waals surface area contributed by atoms with Crippen molar-refractivity contribution in [3.8, 4) is 23.0 Å². The first-order valence-corrected chi connectivity index (χ1v) is 19.0. The maximum absolute atomic E-state index is 15.6. The summed E-state index contributed by atoms with van der Waals surface area (Å²) in [6, 6.07) is 19.5. The number of amides is 4. The molecule has 3 fully saturated rings. The third-order valence-corrected chi connectivity index (χ3v) is 12.8. The van der Waals surface area contributed by atoms with Gasteiger partial charge in [-0.1, -0.05) is 64.7 Å². The Morgan fingerprint density at radius 1 is 0.786 bits per heavy atom. The second-order valence-corrected chi connectivity index (χ2v) is 15.7. The maximum Gasteiger partial charge on any atom is 0.260 e. The predicted octanol–water partition coefficient (Wildman–Crippen LogP) is 7.88. The first kappa shape index (κ1) is 37.7. The number of fused-ring (bicyclic) bond motifs is 4. The molecule has 2 N–H and O–H groups in total. The van der Waals surface area contributed by atoms with Crippen LogP contribution in [-0.4, -0.2) is 55.1 Å². The number of nitrogens with one attached hydrogen (secondary N) is 1. The second-order valence-electron chi connectivity index (χ2n) is 14.4. The van der Waals surface area contributed by atoms with Crippen molar-refractivity contribution >= 4 is 69.8 Å². The number of phenolic OH excluding ortho intramolecular Hbond substituents is 1. The zero-order chi connectivity index (χ0) is 39.8. The lowest BCUT2D eigenvalue weighted by atomic mass is 9.49. The molecular formula is C42H36Cl3N3O8. The van der Waals surface area contributed by atoms with E-state index in [1.165, 1.54) is 44.4 Å². The minimum atomic E-state index is -1.68. The number of methoxy groups -OCH3 is 3. The molecule has 4 aromatic carbocycles. The van der Waals surface area contributed by atoms with Crippen molar-refractivity contribution in [1.29, 1.82) is 0 Å². The van der Waals surface area contributed by atoms with Crippen LogP contribution in [0.3, 0.4) is 0 Å². The Balaban J connectivity index is 1.38. The van der Waals surface area contributed by atoms with Gasteiger partial charge in [0.2, 0.25) is 11.8 Å². The smallest absolute Gasteiger partial charge is 0.260 e. The fourth-order valence-corrected chi connectivity index (χ4v) is 9.97. The molecule has 288 valence electrons. The van der Waals surface area contributed by atoms with Gasteiger partial charge in [0.1, 0.15) is 23.0 Å². The van der Waals surface area contributed by atoms with Gasteiger partial charge in [-0.15, -0.1) is 0 Å². The Morgan fingerprint density at radius 3 is 2.11 bits per heavy atom. The zero-order valence-corrected chi connectivity index (χ0v) is 32.9. The van der Waals surface area contributed by atoms with Crippen LogP contribution in [0, 0.1) is 30.6 Å². The number of carbonyl (C=O) groups excluding carboxylic acids is 4. The Labute approximate surface area is 337 Å². The minimum absolute atomic E-state index is 0.0386. The summed E-state index contributed by atoms with van der Waals surface area (Å²) in [5.74, 6) is -5.59. The average Bonchev–Trinajstić information content (AvgIpc) is 3.57. The molecular weight excluding hydrogens is 781 g/mol. The Hall–Kier alpha value is -5.23. The second kappa shape index (κ2) is 14.1. The fraction of sp³-hybridized carbons (Fsp3) is 0.286. The standard InChI is InChI=1S/C42H36Cl3N3O8/c1-20-5-9-23(16-30(20)44)47-38(50)27-13-12-26-28(35(27)40(47)52)19-29-39(51)48(46-32-14-8-22(43)15-31(32)45)41(53)42(29,21-6-10-25(54-2)11-7-21)37(26)36-33(55-3)17-24(49)18-34(36)56-4/h5-12,14-18,27-29,35,37,46,49H,13,19H2,1-4H3/t27-,28+,29-,35-,37+,42+/m0/s1. The van der Waals surface area contributed by atoms with Crippen LogP contribution < -0.4 is 24.5 Å². The number of benzene rings is 4. The molecule has 2 aliphatic carbocycles. The van der Waals surface area contributed by atoms with E-state index in [0.717, 1.165) is 10.6 Å². The molecule has 6 atom stereocenters. The quantitative estimate of drug-likeness (QED) is 0.135. The Kier molecular flexibility index (Phi) is 9.46. The number of rotatable bonds is 8. The van der Waals surface area contributed by atoms with Gasteiger partial charge in [0.25, 0.3) is 11.8 Å². The summed E-state index contributed by atoms with van der Waals surface area (Å²) in [6.07, 6.45) is 2.14. The van der Waals surface area contributed by atoms with E-state index in [0.29, 0.717) is 38.2 Å². The summed E-state index contributed by atoms with van der Waals surface area (Å²) in [5.41, 5.74) is 4.25. The predicted molar refractivity (Wildman–Crippen MR) is 211 cm³/mol. The van der Waals surface area contributed by atoms with E-state index in [2.05, 4.69) is 5.43 Å². The summed E-state index contributed by atoms with van der Waals surface area (Å²) in [5, 5.41) is 12.7. The number of aromatic hydroxyl groups is 1. The van der Waals surface area contributed by atoms with Crippen LogP contribution in [0.25, 0.3) is 0 Å². The van der Waals surface area contributed by atoms with Crippen LogP contribution in [0.15, 0.2) is 84.4 Å². The van der Waals surface area contributed by atoms with Crippen molar-refractivity contribution in [1.82, 2.24) is 5.01 Å². The molecule has 2 saturated heterocycles. The van der Waals surface area contributed by atoms with E-state index < -0.39 is 52.7 Å². The van der Waals surface area contributed by atoms with E-state index in [4.69, 9.17) is 49.0 Å². The molecule has 2 heterocycles. The third-order valence-electron chi connectivity index (χ3n) is 11.8. The van der Waals surface area contributed by atoms with Crippen molar-refractivity contribution in [2.75, 3.05) is 31.7 Å². The molecule has 0 unspecified atom stereocenters. The number of imide groups is 2. The molecule has 4 amide bonds. The van der Waals surface area contributed by atoms with Crippen LogP contribution in [0.5, 0.6) is 23.0 Å². The topological polar surface area (TPSA) is 135 Å². The molecule has 1 saturated carbocycles. The number of allylic oxidation sites excluding steroid dienone is 2. The van der Waals surface area contributed by atoms with Gasteiger partial charge in [-0.25, -0.2) is 4.90 Å². The highest BCUT2D eigenvalue weighted by Gasteiger charge is 2.71. The highest BCUT2D eigenvalue weighted by molar-refractivity contribution is 6.36. The van der Waals surface area contributed by atoms with E-state index in [9.17, 15) is 14.7 Å². The van der Waals surface area contributed by atoms with Crippen LogP contribution >= 0.6 is 34.8 Å². The summed E-state index contributed by atoms with van der Waals surface area (Å²) >= 11 is 19.2. The van der Waals surface area contributed by atoms with E-state index >= 15 is 9.59 Å². The van der Waals surface area contributed by atoms with Gasteiger partial charge in [-0.3, -0.25) is 24.6 Å². The number of aryl methyl sites for hydroxylation is 1. The molecule has 0 aromatic heterocycles. The summed E-state index contributed by atoms with van der Waals surface area (Å²) in [7, 11) is 4.39. The lowest BCUT2D eigenvalue weighted by Gasteiger charge is -2.51. The van der Waals surface area contributed by atoms with Gasteiger partial charge in [0, 0.05) is 33.7 Å². The van der Waals surface area contributed by atoms with Crippen LogP contribution in [-0.2, 0) is 24.6 Å². The van der Waals surface area contributed by atoms with Crippen LogP contribution in [0.4, 0.5) is 11.4 Å². The SMILES string of the molecule is COc1ccc([C@@]23C(=O)N(Nc4ccc(Cl)cc4Cl)C(=O)[C@@H]2C[C@@H]2C(=CC[C@@H]4C(=O)N(c5ccc(C)c(Cl)c5)C(=O)[C@@H]42)[C@@H]3c2c(OC)cc(O)cc2OC)cc1. The van der Waals surface area contributed by atoms with Gasteiger partial charge in [0.05, 0.1) is 60.9 Å². The number of phenols is 1. The molecule has 11 nitrogen and oxygen atoms in total. The van der Waals surface area contributed by atoms with Gasteiger partial charge < -0.3 is 19.3 Å². The number of halogens is 3. The molecule has 2 aliphatic heterocycles. The zero-order valence-electron chi connectivity index (χ0n) is 30.6. The highest BCUT2D eigenvalue weighted by Crippen LogP contribution is 2.66. The maximum atomic E-state index is 15.6. The number of anilines is 2. The van der Waals surface area contributed by atoms with Crippen molar-refractivity contribution in [3.05, 3.63) is 116 Å². The third kappa shape index (κ3) is 5.54. The highest BCUT2D eigenvalue weighted by atomic mass is 35.5. The molecule has 4 aliphatic rings. The van der Waals surface area contributed by atoms with E-state index in [1.54, 1.807) is 54.6 Å². The number of hydrogen-bond donors (Lipinski definition) is 2. The van der Waals surface area contributed by atoms with E-state index in [-0.39, 0.29) is 46.7 Å². The van der Waals surface area contributed by atoms with Crippen LogP contribution in [0.2, 0.25) is 15.1 Å². The summed E-state index contributed by atoms with van der Waals surface area (Å²) < 4.78 is 17.3. The lowest BCUT2D eigenvalue weighted by Crippen LogP contribution is -2.53. The van der Waals surface area contributed by atoms with Crippen LogP contribution in [0.1, 0.15) is 35.4 Å². The van der Waals surface area contributed by atoms with Gasteiger partial charge in [0.15, 0.2) is 0 Å². The first-order valence-electron chi connectivity index (χ1n) is 17.9. The van der Waals surface area contributed by atoms with Gasteiger partial charge >= 0.3 is 0 Å². The van der Waals surface area contributed by atoms with Gasteiger partial charge in [-0.2, -0.15) is 5.01 Å². The molecule has 56 heavy (non-hydrogen) atoms. The molecule has 0 spiro atoms. The van der Waals surface area contributed by atoms with Crippen molar-refractivity contribution in [2.45, 2.75) is 31.1 Å². The first-order chi connectivity index (χ1) is 26.8. The van der Waals surface area contributed by atoms with Gasteiger partial charge in [-0.05, 0) is 79.3 Å². The molecule has 14 heteroatoms. The van der Waals surface area contributed by atoms with Crippen molar-refractivity contribution in [2.24, 2.45) is 23.7 Å². The average molecular weight is 817 g/mol. The minimum Gasteiger partial charge on any atom is -0.508 e. The van der Waals surface area contributed by atoms with E-state index in [1.807, 2.05) is 13.0 Å². The number of carbonyl (C=O) groups is 4. The largest absolute Gasteiger partial charge is 0.508 e. The number of hydrogen-bond acceptors (Lipinski definition) is 9. The molecule has 8 rings (SSSR count). The fourth-order valence-electron chi connectivity index (χ4n) is 9.34. The van der Waals surface area contributed by atoms with Crippen molar-refractivity contribution < 1.29 is 38.5 Å². The summed E-state index contributed by atoms with van der Waals surface area (Å²) in [4.78, 5) is 60.8. The Bertz CT molecular complexity index is 2340. The monoisotopic (exact) mass is 815 g/mol.